The molecule has 1 aromatic carbocycles. The minimum atomic E-state index is -0.683. The number of aromatic nitrogens is 5. The summed E-state index contributed by atoms with van der Waals surface area (Å²) in [5.74, 6) is 0.572. The van der Waals surface area contributed by atoms with Crippen molar-refractivity contribution in [3.63, 3.8) is 0 Å². The zero-order valence-corrected chi connectivity index (χ0v) is 18.5. The van der Waals surface area contributed by atoms with Crippen LogP contribution in [0.4, 0.5) is 26.2 Å². The lowest BCUT2D eigenvalue weighted by molar-refractivity contribution is 0.122. The third-order valence-corrected chi connectivity index (χ3v) is 6.00. The molecule has 34 heavy (non-hydrogen) atoms. The van der Waals surface area contributed by atoms with E-state index in [0.717, 1.165) is 24.6 Å². The lowest BCUT2D eigenvalue weighted by Gasteiger charge is -2.28. The van der Waals surface area contributed by atoms with Gasteiger partial charge in [-0.3, -0.25) is 5.10 Å². The van der Waals surface area contributed by atoms with Crippen LogP contribution in [0.3, 0.4) is 0 Å². The second kappa shape index (κ2) is 8.24. The van der Waals surface area contributed by atoms with Gasteiger partial charge in [-0.1, -0.05) is 0 Å². The molecule has 1 aliphatic heterocycles. The maximum Gasteiger partial charge on any atom is 0.326 e. The molecule has 4 aromatic rings. The van der Waals surface area contributed by atoms with Crippen LogP contribution in [0.25, 0.3) is 10.9 Å². The van der Waals surface area contributed by atoms with E-state index in [9.17, 15) is 4.39 Å². The molecule has 4 heterocycles. The Hall–Kier alpha value is -3.73. The Morgan fingerprint density at radius 2 is 1.91 bits per heavy atom. The van der Waals surface area contributed by atoms with Gasteiger partial charge in [-0.25, -0.2) is 8.78 Å². The van der Waals surface area contributed by atoms with Crippen LogP contribution in [0.15, 0.2) is 24.3 Å². The number of benzene rings is 1. The highest BCUT2D eigenvalue weighted by Crippen LogP contribution is 2.40. The Kier molecular flexibility index (Phi) is 5.05. The number of anilines is 3. The lowest BCUT2D eigenvalue weighted by Crippen LogP contribution is -2.36. The zero-order valence-electron chi connectivity index (χ0n) is 18.5. The Labute approximate surface area is 193 Å². The van der Waals surface area contributed by atoms with E-state index < -0.39 is 11.6 Å². The topological polar surface area (TPSA) is 104 Å². The molecule has 6 rings (SSSR count). The summed E-state index contributed by atoms with van der Waals surface area (Å²) in [6.45, 7) is 4.15. The maximum absolute atomic E-state index is 15.1. The standard InChI is InChI=1S/C23H23F2N7O2/c1-12-8-14-21(25)17(9-15(24)22(14)26-12)34-23-28-18(11-20(29-23)32-4-6-33-7-5-32)27-19-10-16(30-31-19)13-2-3-13/h8-11,13,26H,2-7H2,1H3,(H2,27,28,29,30,31). The van der Waals surface area contributed by atoms with Crippen molar-refractivity contribution in [1.82, 2.24) is 25.1 Å². The average molecular weight is 467 g/mol. The Morgan fingerprint density at radius 3 is 2.71 bits per heavy atom. The van der Waals surface area contributed by atoms with Gasteiger partial charge in [0.15, 0.2) is 23.2 Å². The summed E-state index contributed by atoms with van der Waals surface area (Å²) in [6, 6.07) is 6.16. The van der Waals surface area contributed by atoms with Crippen LogP contribution in [0.2, 0.25) is 0 Å². The first-order chi connectivity index (χ1) is 16.5. The highest BCUT2D eigenvalue weighted by atomic mass is 19.1. The summed E-state index contributed by atoms with van der Waals surface area (Å²) in [5, 5.41) is 10.6. The summed E-state index contributed by atoms with van der Waals surface area (Å²) in [6.07, 6.45) is 2.31. The van der Waals surface area contributed by atoms with Crippen LogP contribution in [0, 0.1) is 18.6 Å². The van der Waals surface area contributed by atoms with Crippen LogP contribution in [0.1, 0.15) is 30.1 Å². The van der Waals surface area contributed by atoms with E-state index in [4.69, 9.17) is 9.47 Å². The smallest absolute Gasteiger partial charge is 0.326 e. The number of H-pyrrole nitrogens is 2. The van der Waals surface area contributed by atoms with E-state index in [0.29, 0.717) is 55.4 Å². The van der Waals surface area contributed by atoms with Crippen molar-refractivity contribution in [2.24, 2.45) is 0 Å². The molecule has 0 atom stereocenters. The highest BCUT2D eigenvalue weighted by molar-refractivity contribution is 5.83. The molecule has 0 unspecified atom stereocenters. The van der Waals surface area contributed by atoms with Gasteiger partial charge in [0.1, 0.15) is 11.6 Å². The largest absolute Gasteiger partial charge is 0.421 e. The number of rotatable bonds is 6. The van der Waals surface area contributed by atoms with Crippen LogP contribution < -0.4 is 15.0 Å². The van der Waals surface area contributed by atoms with Crippen LogP contribution in [-0.4, -0.2) is 51.5 Å². The van der Waals surface area contributed by atoms with Gasteiger partial charge < -0.3 is 24.7 Å². The van der Waals surface area contributed by atoms with Gasteiger partial charge in [-0.05, 0) is 25.8 Å². The molecule has 1 aliphatic carbocycles. The van der Waals surface area contributed by atoms with Crippen LogP contribution in [0.5, 0.6) is 11.8 Å². The molecule has 1 saturated carbocycles. The van der Waals surface area contributed by atoms with E-state index >= 15 is 4.39 Å². The predicted molar refractivity (Wildman–Crippen MR) is 122 cm³/mol. The molecule has 0 amide bonds. The van der Waals surface area contributed by atoms with Gasteiger partial charge in [0, 0.05) is 54.0 Å². The number of fused-ring (bicyclic) bond motifs is 1. The summed E-state index contributed by atoms with van der Waals surface area (Å²) < 4.78 is 40.8. The van der Waals surface area contributed by atoms with E-state index in [1.54, 1.807) is 13.0 Å². The second-order valence-electron chi connectivity index (χ2n) is 8.61. The number of hydrogen-bond acceptors (Lipinski definition) is 7. The number of ether oxygens (including phenoxy) is 2. The number of morpholine rings is 1. The molecule has 2 fully saturated rings. The van der Waals surface area contributed by atoms with Crippen molar-refractivity contribution in [2.75, 3.05) is 36.5 Å². The van der Waals surface area contributed by atoms with Crippen molar-refractivity contribution in [3.05, 3.63) is 47.3 Å². The monoisotopic (exact) mass is 467 g/mol. The minimum absolute atomic E-state index is 0.0951. The van der Waals surface area contributed by atoms with Gasteiger partial charge >= 0.3 is 6.01 Å². The number of halogens is 2. The van der Waals surface area contributed by atoms with Gasteiger partial charge in [-0.15, -0.1) is 0 Å². The van der Waals surface area contributed by atoms with Gasteiger partial charge in [-0.2, -0.15) is 15.1 Å². The molecule has 2 aliphatic rings. The fourth-order valence-corrected chi connectivity index (χ4v) is 4.12. The number of aryl methyl sites for hydroxylation is 1. The van der Waals surface area contributed by atoms with Crippen LogP contribution in [-0.2, 0) is 4.74 Å². The van der Waals surface area contributed by atoms with Crippen molar-refractivity contribution in [1.29, 1.82) is 0 Å². The Morgan fingerprint density at radius 1 is 1.09 bits per heavy atom. The van der Waals surface area contributed by atoms with Crippen molar-refractivity contribution < 1.29 is 18.3 Å². The van der Waals surface area contributed by atoms with Gasteiger partial charge in [0.25, 0.3) is 0 Å². The van der Waals surface area contributed by atoms with Crippen molar-refractivity contribution in [2.45, 2.75) is 25.7 Å². The summed E-state index contributed by atoms with van der Waals surface area (Å²) in [5.41, 5.74) is 1.82. The highest BCUT2D eigenvalue weighted by Gasteiger charge is 2.26. The molecule has 0 bridgehead atoms. The number of hydrogen-bond donors (Lipinski definition) is 3. The fourth-order valence-electron chi connectivity index (χ4n) is 4.12. The van der Waals surface area contributed by atoms with E-state index in [1.165, 1.54) is 6.07 Å². The van der Waals surface area contributed by atoms with E-state index in [1.807, 2.05) is 11.0 Å². The van der Waals surface area contributed by atoms with E-state index in [-0.39, 0.29) is 22.7 Å². The first kappa shape index (κ1) is 20.8. The molecule has 3 N–H and O–H groups in total. The van der Waals surface area contributed by atoms with Crippen molar-refractivity contribution >= 4 is 28.4 Å². The Bertz CT molecular complexity index is 1360. The third kappa shape index (κ3) is 4.03. The summed E-state index contributed by atoms with van der Waals surface area (Å²) in [4.78, 5) is 13.7. The van der Waals surface area contributed by atoms with Gasteiger partial charge in [0.2, 0.25) is 0 Å². The molecule has 176 valence electrons. The van der Waals surface area contributed by atoms with E-state index in [2.05, 4.69) is 30.5 Å². The predicted octanol–water partition coefficient (Wildman–Crippen LogP) is 4.52. The molecule has 11 heteroatoms. The fraction of sp³-hybridized carbons (Fsp3) is 0.348. The molecule has 1 saturated heterocycles. The summed E-state index contributed by atoms with van der Waals surface area (Å²) >= 11 is 0. The molecular weight excluding hydrogens is 444 g/mol. The van der Waals surface area contributed by atoms with Crippen molar-refractivity contribution in [3.8, 4) is 11.8 Å². The van der Waals surface area contributed by atoms with Gasteiger partial charge in [0.05, 0.1) is 18.7 Å². The maximum atomic E-state index is 15.1. The quantitative estimate of drug-likeness (QED) is 0.383. The lowest BCUT2D eigenvalue weighted by atomic mass is 10.2. The normalized spacial score (nSPS) is 16.3. The zero-order chi connectivity index (χ0) is 23.2. The first-order valence-corrected chi connectivity index (χ1v) is 11.2. The molecule has 0 radical (unpaired) electrons. The second-order valence-corrected chi connectivity index (χ2v) is 8.61. The average Bonchev–Trinajstić information content (AvgIpc) is 3.45. The Balaban J connectivity index is 1.35. The SMILES string of the molecule is Cc1cc2c(F)c(Oc3nc(Nc4cc(C5CC5)[nH]n4)cc(N4CCOCC4)n3)cc(F)c2[nH]1. The molecule has 3 aromatic heterocycles. The number of nitrogens with one attached hydrogen (secondary N) is 3. The molecule has 0 spiro atoms. The number of nitrogens with zero attached hydrogens (tertiary/aromatic N) is 4. The number of aromatic amines is 2. The van der Waals surface area contributed by atoms with Crippen LogP contribution >= 0.6 is 0 Å². The molecular formula is C23H23F2N7O2. The molecule has 9 nitrogen and oxygen atoms in total. The summed E-state index contributed by atoms with van der Waals surface area (Å²) in [7, 11) is 0. The first-order valence-electron chi connectivity index (χ1n) is 11.2. The minimum Gasteiger partial charge on any atom is -0.421 e. The third-order valence-electron chi connectivity index (χ3n) is 6.00.